The fourth-order valence-corrected chi connectivity index (χ4v) is 1.25. The van der Waals surface area contributed by atoms with Crippen LogP contribution in [0.5, 0.6) is 0 Å². The molecule has 0 aliphatic rings. The van der Waals surface area contributed by atoms with Gasteiger partial charge in [-0.25, -0.2) is 0 Å². The van der Waals surface area contributed by atoms with E-state index in [2.05, 4.69) is 18.2 Å². The van der Waals surface area contributed by atoms with E-state index < -0.39 is 0 Å². The Labute approximate surface area is 81.1 Å². The Morgan fingerprint density at radius 1 is 1.54 bits per heavy atom. The van der Waals surface area contributed by atoms with Crippen molar-refractivity contribution < 1.29 is 4.79 Å². The molecule has 13 heavy (non-hydrogen) atoms. The van der Waals surface area contributed by atoms with Crippen molar-refractivity contribution in [2.24, 2.45) is 5.92 Å². The van der Waals surface area contributed by atoms with Gasteiger partial charge in [-0.3, -0.25) is 4.79 Å². The van der Waals surface area contributed by atoms with Crippen molar-refractivity contribution in [1.82, 2.24) is 5.32 Å². The van der Waals surface area contributed by atoms with E-state index in [1.165, 1.54) is 0 Å². The summed E-state index contributed by atoms with van der Waals surface area (Å²) >= 11 is 0. The summed E-state index contributed by atoms with van der Waals surface area (Å²) in [6.07, 6.45) is 9.18. The Hall–Kier alpha value is -0.970. The van der Waals surface area contributed by atoms with Gasteiger partial charge in [-0.1, -0.05) is 32.6 Å². The summed E-state index contributed by atoms with van der Waals surface area (Å²) in [7, 11) is 0. The monoisotopic (exact) mass is 181 g/mol. The summed E-state index contributed by atoms with van der Waals surface area (Å²) in [5.41, 5.74) is 0. The summed E-state index contributed by atoms with van der Waals surface area (Å²) in [5.74, 6) is 2.65. The van der Waals surface area contributed by atoms with Gasteiger partial charge in [0.15, 0.2) is 0 Å². The third-order valence-corrected chi connectivity index (χ3v) is 2.13. The number of hydrogen-bond donors (Lipinski definition) is 1. The van der Waals surface area contributed by atoms with Gasteiger partial charge >= 0.3 is 0 Å². The maximum absolute atomic E-state index is 11.4. The quantitative estimate of drug-likeness (QED) is 0.623. The molecule has 0 aromatic rings. The van der Waals surface area contributed by atoms with Crippen LogP contribution in [0, 0.1) is 18.3 Å². The highest BCUT2D eigenvalue weighted by Crippen LogP contribution is 2.12. The molecular weight excluding hydrogens is 162 g/mol. The molecule has 0 bridgehead atoms. The van der Waals surface area contributed by atoms with E-state index in [4.69, 9.17) is 6.42 Å². The zero-order valence-corrected chi connectivity index (χ0v) is 8.60. The van der Waals surface area contributed by atoms with Gasteiger partial charge in [-0.2, -0.15) is 0 Å². The average Bonchev–Trinajstić information content (AvgIpc) is 2.16. The normalized spacial score (nSPS) is 11.8. The van der Waals surface area contributed by atoms with Crippen LogP contribution in [0.4, 0.5) is 0 Å². The van der Waals surface area contributed by atoms with Crippen molar-refractivity contribution in [1.29, 1.82) is 0 Å². The smallest absolute Gasteiger partial charge is 0.223 e. The summed E-state index contributed by atoms with van der Waals surface area (Å²) in [6, 6.07) is 0. The molecule has 2 nitrogen and oxygen atoms in total. The topological polar surface area (TPSA) is 29.1 Å². The Morgan fingerprint density at radius 3 is 2.69 bits per heavy atom. The Bertz CT molecular complexity index is 181. The van der Waals surface area contributed by atoms with Crippen LogP contribution in [-0.2, 0) is 4.79 Å². The minimum Gasteiger partial charge on any atom is -0.345 e. The van der Waals surface area contributed by atoms with Crippen molar-refractivity contribution >= 4 is 5.91 Å². The highest BCUT2D eigenvalue weighted by atomic mass is 16.1. The van der Waals surface area contributed by atoms with Crippen LogP contribution in [0.15, 0.2) is 0 Å². The first-order valence-electron chi connectivity index (χ1n) is 4.97. The van der Waals surface area contributed by atoms with Crippen LogP contribution >= 0.6 is 0 Å². The van der Waals surface area contributed by atoms with Gasteiger partial charge in [0.25, 0.3) is 0 Å². The molecule has 0 spiro atoms. The number of hydrogen-bond acceptors (Lipinski definition) is 1. The van der Waals surface area contributed by atoms with Crippen molar-refractivity contribution in [2.45, 2.75) is 39.5 Å². The predicted octanol–water partition coefficient (Wildman–Crippen LogP) is 1.95. The first kappa shape index (κ1) is 12.0. The minimum atomic E-state index is 0.105. The first-order valence-corrected chi connectivity index (χ1v) is 4.97. The molecule has 2 heteroatoms. The number of nitrogens with one attached hydrogen (secondary N) is 1. The lowest BCUT2D eigenvalue weighted by Crippen LogP contribution is -2.30. The summed E-state index contributed by atoms with van der Waals surface area (Å²) in [6.45, 7) is 4.52. The molecule has 74 valence electrons. The van der Waals surface area contributed by atoms with Crippen molar-refractivity contribution in [3.8, 4) is 12.3 Å². The molecule has 1 unspecified atom stereocenters. The molecule has 0 aliphatic carbocycles. The molecule has 0 saturated carbocycles. The van der Waals surface area contributed by atoms with E-state index in [0.29, 0.717) is 6.54 Å². The number of carbonyl (C=O) groups excluding carboxylic acids is 1. The summed E-state index contributed by atoms with van der Waals surface area (Å²) < 4.78 is 0. The maximum atomic E-state index is 11.4. The fraction of sp³-hybridized carbons (Fsp3) is 0.727. The molecule has 1 amide bonds. The van der Waals surface area contributed by atoms with Gasteiger partial charge in [-0.05, 0) is 12.8 Å². The first-order chi connectivity index (χ1) is 6.26. The van der Waals surface area contributed by atoms with E-state index in [1.807, 2.05) is 6.92 Å². The maximum Gasteiger partial charge on any atom is 0.223 e. The number of unbranched alkanes of at least 4 members (excludes halogenated alkanes) is 1. The lowest BCUT2D eigenvalue weighted by molar-refractivity contribution is -0.125. The molecule has 0 saturated heterocycles. The second kappa shape index (κ2) is 7.67. The second-order valence-corrected chi connectivity index (χ2v) is 3.17. The van der Waals surface area contributed by atoms with Gasteiger partial charge in [0.05, 0.1) is 6.54 Å². The van der Waals surface area contributed by atoms with Gasteiger partial charge in [0, 0.05) is 5.92 Å². The third kappa shape index (κ3) is 5.30. The van der Waals surface area contributed by atoms with Crippen molar-refractivity contribution in [3.63, 3.8) is 0 Å². The molecule has 1 N–H and O–H groups in total. The molecular formula is C11H19NO. The number of amides is 1. The lowest BCUT2D eigenvalue weighted by Gasteiger charge is -2.12. The zero-order valence-electron chi connectivity index (χ0n) is 8.60. The molecule has 0 heterocycles. The molecule has 0 aromatic carbocycles. The van der Waals surface area contributed by atoms with Crippen LogP contribution in [0.1, 0.15) is 39.5 Å². The van der Waals surface area contributed by atoms with Crippen molar-refractivity contribution in [2.75, 3.05) is 6.54 Å². The minimum absolute atomic E-state index is 0.105. The molecule has 0 rings (SSSR count). The Balaban J connectivity index is 3.79. The third-order valence-electron chi connectivity index (χ3n) is 2.13. The molecule has 0 aliphatic heterocycles. The molecule has 0 aromatic heterocycles. The Morgan fingerprint density at radius 2 is 2.23 bits per heavy atom. The molecule has 1 atom stereocenters. The average molecular weight is 181 g/mol. The van der Waals surface area contributed by atoms with Crippen LogP contribution in [-0.4, -0.2) is 12.5 Å². The highest BCUT2D eigenvalue weighted by molar-refractivity contribution is 5.78. The van der Waals surface area contributed by atoms with Gasteiger partial charge in [-0.15, -0.1) is 6.42 Å². The van der Waals surface area contributed by atoms with Crippen LogP contribution in [0.2, 0.25) is 0 Å². The van der Waals surface area contributed by atoms with Gasteiger partial charge in [0.1, 0.15) is 0 Å². The molecule has 0 fully saturated rings. The SMILES string of the molecule is C#CCNC(=O)C(CC)CCCC. The number of terminal acetylenes is 1. The van der Waals surface area contributed by atoms with Crippen molar-refractivity contribution in [3.05, 3.63) is 0 Å². The molecule has 0 radical (unpaired) electrons. The van der Waals surface area contributed by atoms with Crippen LogP contribution in [0.25, 0.3) is 0 Å². The van der Waals surface area contributed by atoms with Crippen LogP contribution in [0.3, 0.4) is 0 Å². The van der Waals surface area contributed by atoms with E-state index in [0.717, 1.165) is 25.7 Å². The number of rotatable bonds is 6. The summed E-state index contributed by atoms with van der Waals surface area (Å²) in [5, 5.41) is 2.72. The fourth-order valence-electron chi connectivity index (χ4n) is 1.25. The van der Waals surface area contributed by atoms with E-state index in [9.17, 15) is 4.79 Å². The van der Waals surface area contributed by atoms with Crippen LogP contribution < -0.4 is 5.32 Å². The van der Waals surface area contributed by atoms with E-state index in [1.54, 1.807) is 0 Å². The zero-order chi connectivity index (χ0) is 10.1. The van der Waals surface area contributed by atoms with Gasteiger partial charge < -0.3 is 5.32 Å². The predicted molar refractivity (Wildman–Crippen MR) is 55.1 cm³/mol. The van der Waals surface area contributed by atoms with E-state index in [-0.39, 0.29) is 11.8 Å². The van der Waals surface area contributed by atoms with E-state index >= 15 is 0 Å². The highest BCUT2D eigenvalue weighted by Gasteiger charge is 2.14. The second-order valence-electron chi connectivity index (χ2n) is 3.17. The Kier molecular flexibility index (Phi) is 7.10. The van der Waals surface area contributed by atoms with Gasteiger partial charge in [0.2, 0.25) is 5.91 Å². The number of carbonyl (C=O) groups is 1. The lowest BCUT2D eigenvalue weighted by atomic mass is 9.98. The summed E-state index contributed by atoms with van der Waals surface area (Å²) in [4.78, 5) is 11.4. The standard InChI is InChI=1S/C11H19NO/c1-4-7-8-10(6-3)11(13)12-9-5-2/h2,10H,4,6-9H2,1,3H3,(H,12,13). The largest absolute Gasteiger partial charge is 0.345 e.